The third-order valence-corrected chi connectivity index (χ3v) is 2.70. The van der Waals surface area contributed by atoms with E-state index in [4.69, 9.17) is 0 Å². The summed E-state index contributed by atoms with van der Waals surface area (Å²) in [6.07, 6.45) is 1.22. The standard InChI is InChI=1S/C13H10N4O5/c18-13-4-2-1-3-9(13)8-14-15-11-6-5-10(16(19)20)7-12(11)17(21)22/h1-8,15,18H/p-1/b14-8+. The van der Waals surface area contributed by atoms with Crippen LogP contribution in [0.3, 0.4) is 0 Å². The van der Waals surface area contributed by atoms with Gasteiger partial charge in [-0.05, 0) is 11.6 Å². The predicted molar refractivity (Wildman–Crippen MR) is 76.9 cm³/mol. The van der Waals surface area contributed by atoms with Crippen LogP contribution in [0.15, 0.2) is 47.6 Å². The largest absolute Gasteiger partial charge is 0.872 e. The fourth-order valence-electron chi connectivity index (χ4n) is 1.64. The van der Waals surface area contributed by atoms with Crippen LogP contribution in [0.25, 0.3) is 0 Å². The Hall–Kier alpha value is -3.49. The molecule has 0 bridgehead atoms. The summed E-state index contributed by atoms with van der Waals surface area (Å²) in [6.45, 7) is 0. The number of hydrogen-bond donors (Lipinski definition) is 1. The van der Waals surface area contributed by atoms with Crippen molar-refractivity contribution in [2.45, 2.75) is 0 Å². The first kappa shape index (κ1) is 14.9. The smallest absolute Gasteiger partial charge is 0.301 e. The van der Waals surface area contributed by atoms with Crippen LogP contribution in [0.2, 0.25) is 0 Å². The molecular weight excluding hydrogens is 292 g/mol. The van der Waals surface area contributed by atoms with E-state index in [1.54, 1.807) is 12.1 Å². The van der Waals surface area contributed by atoms with Crippen molar-refractivity contribution in [3.05, 3.63) is 68.3 Å². The second kappa shape index (κ2) is 6.31. The van der Waals surface area contributed by atoms with Gasteiger partial charge < -0.3 is 5.11 Å². The third-order valence-electron chi connectivity index (χ3n) is 2.70. The molecule has 1 N–H and O–H groups in total. The van der Waals surface area contributed by atoms with Crippen molar-refractivity contribution in [2.75, 3.05) is 5.43 Å². The summed E-state index contributed by atoms with van der Waals surface area (Å²) >= 11 is 0. The third kappa shape index (κ3) is 3.33. The van der Waals surface area contributed by atoms with E-state index in [0.717, 1.165) is 12.1 Å². The lowest BCUT2D eigenvalue weighted by molar-refractivity contribution is -0.393. The maximum Gasteiger partial charge on any atom is 0.301 e. The minimum Gasteiger partial charge on any atom is -0.872 e. The molecule has 0 amide bonds. The number of hydrogen-bond acceptors (Lipinski definition) is 7. The molecule has 0 aliphatic rings. The summed E-state index contributed by atoms with van der Waals surface area (Å²) in [6, 6.07) is 9.25. The van der Waals surface area contributed by atoms with Gasteiger partial charge >= 0.3 is 5.69 Å². The van der Waals surface area contributed by atoms with Crippen molar-refractivity contribution in [1.82, 2.24) is 0 Å². The Morgan fingerprint density at radius 1 is 1.05 bits per heavy atom. The van der Waals surface area contributed by atoms with Crippen LogP contribution in [0, 0.1) is 20.2 Å². The van der Waals surface area contributed by atoms with E-state index in [1.807, 2.05) is 0 Å². The molecule has 2 aromatic carbocycles. The lowest BCUT2D eigenvalue weighted by atomic mass is 10.2. The molecule has 22 heavy (non-hydrogen) atoms. The van der Waals surface area contributed by atoms with E-state index < -0.39 is 21.2 Å². The van der Waals surface area contributed by atoms with E-state index in [9.17, 15) is 25.3 Å². The minimum absolute atomic E-state index is 0.0183. The molecule has 0 fully saturated rings. The number of nitrogens with one attached hydrogen (secondary N) is 1. The highest BCUT2D eigenvalue weighted by atomic mass is 16.6. The van der Waals surface area contributed by atoms with Crippen molar-refractivity contribution in [1.29, 1.82) is 0 Å². The second-order valence-electron chi connectivity index (χ2n) is 4.12. The lowest BCUT2D eigenvalue weighted by Gasteiger charge is -2.08. The molecule has 0 saturated heterocycles. The zero-order valence-corrected chi connectivity index (χ0v) is 11.0. The summed E-state index contributed by atoms with van der Waals surface area (Å²) in [5, 5.41) is 36.7. The fraction of sp³-hybridized carbons (Fsp3) is 0. The van der Waals surface area contributed by atoms with Gasteiger partial charge in [0.25, 0.3) is 5.69 Å². The number of rotatable bonds is 5. The van der Waals surface area contributed by atoms with Gasteiger partial charge in [0.15, 0.2) is 0 Å². The molecule has 112 valence electrons. The van der Waals surface area contributed by atoms with Crippen LogP contribution in [0.1, 0.15) is 5.56 Å². The van der Waals surface area contributed by atoms with Gasteiger partial charge in [-0.15, -0.1) is 0 Å². The summed E-state index contributed by atoms with van der Waals surface area (Å²) in [5.41, 5.74) is 1.81. The van der Waals surface area contributed by atoms with Gasteiger partial charge in [-0.1, -0.05) is 30.0 Å². The number of para-hydroxylation sites is 1. The Balaban J connectivity index is 2.24. The van der Waals surface area contributed by atoms with Crippen molar-refractivity contribution < 1.29 is 15.0 Å². The Kier molecular flexibility index (Phi) is 4.27. The molecule has 0 unspecified atom stereocenters. The molecule has 0 spiro atoms. The van der Waals surface area contributed by atoms with Crippen LogP contribution >= 0.6 is 0 Å². The number of nitrogens with zero attached hydrogens (tertiary/aromatic N) is 3. The number of anilines is 1. The Bertz CT molecular complexity index is 760. The van der Waals surface area contributed by atoms with E-state index in [1.165, 1.54) is 24.4 Å². The molecule has 0 atom stereocenters. The first-order chi connectivity index (χ1) is 10.5. The van der Waals surface area contributed by atoms with Crippen LogP contribution < -0.4 is 10.5 Å². The molecule has 0 saturated carbocycles. The Morgan fingerprint density at radius 2 is 1.77 bits per heavy atom. The van der Waals surface area contributed by atoms with Gasteiger partial charge in [0.1, 0.15) is 5.69 Å². The van der Waals surface area contributed by atoms with Gasteiger partial charge in [-0.25, -0.2) is 0 Å². The highest BCUT2D eigenvalue weighted by molar-refractivity contribution is 5.83. The molecule has 0 aliphatic carbocycles. The molecule has 0 aromatic heterocycles. The van der Waals surface area contributed by atoms with Crippen LogP contribution in [0.4, 0.5) is 17.1 Å². The Labute approximate surface area is 123 Å². The highest BCUT2D eigenvalue weighted by Gasteiger charge is 2.18. The highest BCUT2D eigenvalue weighted by Crippen LogP contribution is 2.28. The minimum atomic E-state index is -0.758. The van der Waals surface area contributed by atoms with Gasteiger partial charge in [0.2, 0.25) is 0 Å². The number of benzene rings is 2. The average molecular weight is 301 g/mol. The zero-order valence-electron chi connectivity index (χ0n) is 11.0. The number of non-ortho nitro benzene ring substituents is 1. The monoisotopic (exact) mass is 301 g/mol. The average Bonchev–Trinajstić information content (AvgIpc) is 2.49. The molecule has 9 nitrogen and oxygen atoms in total. The summed E-state index contributed by atoms with van der Waals surface area (Å²) in [7, 11) is 0. The number of nitro benzene ring substituents is 2. The van der Waals surface area contributed by atoms with Crippen molar-refractivity contribution in [3.63, 3.8) is 0 Å². The lowest BCUT2D eigenvalue weighted by Crippen LogP contribution is -2.00. The van der Waals surface area contributed by atoms with E-state index in [2.05, 4.69) is 10.5 Å². The first-order valence-electron chi connectivity index (χ1n) is 5.97. The molecule has 0 radical (unpaired) electrons. The zero-order chi connectivity index (χ0) is 16.1. The maximum atomic E-state index is 11.5. The molecule has 0 heterocycles. The molecular formula is C13H9N4O5-. The van der Waals surface area contributed by atoms with Gasteiger partial charge in [-0.2, -0.15) is 5.10 Å². The molecule has 0 aliphatic heterocycles. The predicted octanol–water partition coefficient (Wildman–Crippen LogP) is 2.02. The quantitative estimate of drug-likeness (QED) is 0.510. The van der Waals surface area contributed by atoms with E-state index in [0.29, 0.717) is 5.56 Å². The van der Waals surface area contributed by atoms with Crippen molar-refractivity contribution >= 4 is 23.3 Å². The molecule has 2 rings (SSSR count). The second-order valence-corrected chi connectivity index (χ2v) is 4.12. The summed E-state index contributed by atoms with van der Waals surface area (Å²) in [5.74, 6) is -0.244. The van der Waals surface area contributed by atoms with Crippen LogP contribution in [-0.2, 0) is 0 Å². The Morgan fingerprint density at radius 3 is 2.41 bits per heavy atom. The molecule has 9 heteroatoms. The fourth-order valence-corrected chi connectivity index (χ4v) is 1.64. The van der Waals surface area contributed by atoms with Crippen LogP contribution in [-0.4, -0.2) is 16.1 Å². The van der Waals surface area contributed by atoms with Crippen LogP contribution in [0.5, 0.6) is 5.75 Å². The van der Waals surface area contributed by atoms with E-state index >= 15 is 0 Å². The molecule has 2 aromatic rings. The topological polar surface area (TPSA) is 134 Å². The summed E-state index contributed by atoms with van der Waals surface area (Å²) < 4.78 is 0. The van der Waals surface area contributed by atoms with Gasteiger partial charge in [0, 0.05) is 6.07 Å². The number of hydrazone groups is 1. The van der Waals surface area contributed by atoms with Gasteiger partial charge in [-0.3, -0.25) is 25.7 Å². The normalized spacial score (nSPS) is 10.5. The van der Waals surface area contributed by atoms with Crippen molar-refractivity contribution in [2.24, 2.45) is 5.10 Å². The number of nitro groups is 2. The maximum absolute atomic E-state index is 11.5. The van der Waals surface area contributed by atoms with Gasteiger partial charge in [0.05, 0.1) is 22.1 Å². The first-order valence-corrected chi connectivity index (χ1v) is 5.97. The SMILES string of the molecule is O=[N+]([O-])c1ccc(N/N=C/c2ccccc2[O-])c([N+](=O)[O-])c1. The van der Waals surface area contributed by atoms with E-state index in [-0.39, 0.29) is 11.4 Å². The summed E-state index contributed by atoms with van der Waals surface area (Å²) in [4.78, 5) is 20.1. The van der Waals surface area contributed by atoms with Crippen molar-refractivity contribution in [3.8, 4) is 5.75 Å².